The summed E-state index contributed by atoms with van der Waals surface area (Å²) in [7, 11) is 0. The van der Waals surface area contributed by atoms with E-state index in [0.29, 0.717) is 5.02 Å². The summed E-state index contributed by atoms with van der Waals surface area (Å²) < 4.78 is 1.89. The number of nitrogens with one attached hydrogen (secondary N) is 1. The Kier molecular flexibility index (Phi) is 4.74. The van der Waals surface area contributed by atoms with E-state index in [2.05, 4.69) is 12.2 Å². The molecule has 0 unspecified atom stereocenters. The Balaban J connectivity index is 2.05. The molecule has 0 fully saturated rings. The molecular weight excluding hydrogens is 272 g/mol. The van der Waals surface area contributed by atoms with E-state index in [0.717, 1.165) is 12.1 Å². The van der Waals surface area contributed by atoms with Gasteiger partial charge in [0.15, 0.2) is 12.4 Å². The van der Waals surface area contributed by atoms with Crippen molar-refractivity contribution in [1.29, 1.82) is 0 Å². The Labute approximate surface area is 124 Å². The topological polar surface area (TPSA) is 33.0 Å². The number of carbonyl (C=O) groups excluding carboxylic acids is 1. The Morgan fingerprint density at radius 2 is 1.80 bits per heavy atom. The first-order chi connectivity index (χ1) is 9.60. The van der Waals surface area contributed by atoms with Crippen LogP contribution in [0.4, 0.5) is 5.69 Å². The van der Waals surface area contributed by atoms with Crippen LogP contribution < -0.4 is 9.88 Å². The summed E-state index contributed by atoms with van der Waals surface area (Å²) in [5, 5.41) is 3.53. The first kappa shape index (κ1) is 14.5. The molecule has 1 aromatic heterocycles. The van der Waals surface area contributed by atoms with Gasteiger partial charge in [-0.25, -0.2) is 0 Å². The van der Waals surface area contributed by atoms with Crippen LogP contribution in [0.3, 0.4) is 0 Å². The van der Waals surface area contributed by atoms with E-state index < -0.39 is 0 Å². The lowest BCUT2D eigenvalue weighted by Crippen LogP contribution is -2.44. The predicted octanol–water partition coefficient (Wildman–Crippen LogP) is 3.39. The lowest BCUT2D eigenvalue weighted by Gasteiger charge is -2.09. The maximum Gasteiger partial charge on any atom is 0.293 e. The van der Waals surface area contributed by atoms with Crippen LogP contribution in [0, 0.1) is 0 Å². The van der Waals surface area contributed by atoms with Crippen molar-refractivity contribution in [3.05, 3.63) is 59.4 Å². The van der Waals surface area contributed by atoms with Gasteiger partial charge in [-0.15, -0.1) is 0 Å². The molecule has 0 spiro atoms. The summed E-state index contributed by atoms with van der Waals surface area (Å²) in [5.41, 5.74) is 2.00. The standard InChI is InChI=1S/C16H17ClN2O/c1-3-13-8-10-19(11-9-13)12(2)16(20)18-15-6-4-14(17)5-7-15/h4-12H,3H2,1-2H3/p+1/t12-/m0/s1. The van der Waals surface area contributed by atoms with Crippen molar-refractivity contribution in [2.75, 3.05) is 5.32 Å². The number of amides is 1. The molecule has 2 rings (SSSR count). The third-order valence-corrected chi connectivity index (χ3v) is 3.52. The second-order valence-corrected chi connectivity index (χ2v) is 5.12. The molecule has 0 saturated heterocycles. The van der Waals surface area contributed by atoms with Gasteiger partial charge < -0.3 is 5.32 Å². The highest BCUT2D eigenvalue weighted by Crippen LogP contribution is 2.14. The number of anilines is 1. The van der Waals surface area contributed by atoms with Gasteiger partial charge >= 0.3 is 0 Å². The van der Waals surface area contributed by atoms with Crippen LogP contribution in [0.2, 0.25) is 5.02 Å². The van der Waals surface area contributed by atoms with E-state index in [-0.39, 0.29) is 11.9 Å². The van der Waals surface area contributed by atoms with Gasteiger partial charge in [-0.3, -0.25) is 4.79 Å². The average Bonchev–Trinajstić information content (AvgIpc) is 2.49. The zero-order valence-corrected chi connectivity index (χ0v) is 12.4. The summed E-state index contributed by atoms with van der Waals surface area (Å²) in [5.74, 6) is -0.0541. The first-order valence-corrected chi connectivity index (χ1v) is 7.04. The minimum absolute atomic E-state index is 0.0541. The molecule has 1 amide bonds. The number of carbonyl (C=O) groups is 1. The molecule has 3 nitrogen and oxygen atoms in total. The Morgan fingerprint density at radius 1 is 1.20 bits per heavy atom. The normalized spacial score (nSPS) is 11.9. The largest absolute Gasteiger partial charge is 0.320 e. The number of halogens is 1. The fourth-order valence-electron chi connectivity index (χ4n) is 1.88. The van der Waals surface area contributed by atoms with Crippen LogP contribution in [-0.4, -0.2) is 5.91 Å². The summed E-state index contributed by atoms with van der Waals surface area (Å²) in [6.07, 6.45) is 4.86. The van der Waals surface area contributed by atoms with E-state index in [9.17, 15) is 4.79 Å². The number of nitrogens with zero attached hydrogens (tertiary/aromatic N) is 1. The van der Waals surface area contributed by atoms with Crippen molar-refractivity contribution in [3.63, 3.8) is 0 Å². The van der Waals surface area contributed by atoms with Crippen LogP contribution in [0.15, 0.2) is 48.8 Å². The maximum absolute atomic E-state index is 12.2. The smallest absolute Gasteiger partial charge is 0.293 e. The molecule has 104 valence electrons. The van der Waals surface area contributed by atoms with Gasteiger partial charge in [0, 0.05) is 29.8 Å². The monoisotopic (exact) mass is 289 g/mol. The van der Waals surface area contributed by atoms with E-state index in [4.69, 9.17) is 11.6 Å². The molecule has 20 heavy (non-hydrogen) atoms. The molecule has 0 radical (unpaired) electrons. The minimum Gasteiger partial charge on any atom is -0.320 e. The molecule has 0 aliphatic heterocycles. The predicted molar refractivity (Wildman–Crippen MR) is 80.8 cm³/mol. The second kappa shape index (κ2) is 6.53. The molecule has 1 aromatic carbocycles. The fourth-order valence-corrected chi connectivity index (χ4v) is 2.00. The number of aryl methyl sites for hydroxylation is 1. The fraction of sp³-hybridized carbons (Fsp3) is 0.250. The zero-order chi connectivity index (χ0) is 14.5. The van der Waals surface area contributed by atoms with Crippen molar-refractivity contribution < 1.29 is 9.36 Å². The second-order valence-electron chi connectivity index (χ2n) is 4.68. The van der Waals surface area contributed by atoms with Crippen LogP contribution in [0.1, 0.15) is 25.5 Å². The van der Waals surface area contributed by atoms with Gasteiger partial charge in [0.2, 0.25) is 6.04 Å². The lowest BCUT2D eigenvalue weighted by atomic mass is 10.2. The van der Waals surface area contributed by atoms with Crippen LogP contribution in [0.5, 0.6) is 0 Å². The molecule has 0 bridgehead atoms. The van der Waals surface area contributed by atoms with Crippen LogP contribution in [0.25, 0.3) is 0 Å². The van der Waals surface area contributed by atoms with Crippen LogP contribution in [-0.2, 0) is 11.2 Å². The number of benzene rings is 1. The number of aromatic nitrogens is 1. The number of rotatable bonds is 4. The SMILES string of the molecule is CCc1cc[n+]([C@@H](C)C(=O)Nc2ccc(Cl)cc2)cc1. The van der Waals surface area contributed by atoms with Crippen molar-refractivity contribution >= 4 is 23.2 Å². The molecule has 0 aliphatic carbocycles. The Morgan fingerprint density at radius 3 is 2.35 bits per heavy atom. The Bertz CT molecular complexity index is 578. The van der Waals surface area contributed by atoms with Crippen molar-refractivity contribution in [2.45, 2.75) is 26.3 Å². The van der Waals surface area contributed by atoms with E-state index in [1.165, 1.54) is 5.56 Å². The molecule has 1 atom stereocenters. The highest BCUT2D eigenvalue weighted by Gasteiger charge is 2.21. The van der Waals surface area contributed by atoms with Gasteiger partial charge in [-0.1, -0.05) is 18.5 Å². The minimum atomic E-state index is -0.267. The first-order valence-electron chi connectivity index (χ1n) is 6.66. The summed E-state index contributed by atoms with van der Waals surface area (Å²) in [6, 6.07) is 10.9. The summed E-state index contributed by atoms with van der Waals surface area (Å²) in [6.45, 7) is 3.98. The molecule has 1 heterocycles. The van der Waals surface area contributed by atoms with Crippen molar-refractivity contribution in [1.82, 2.24) is 0 Å². The quantitative estimate of drug-likeness (QED) is 0.860. The molecule has 2 aromatic rings. The lowest BCUT2D eigenvalue weighted by molar-refractivity contribution is -0.705. The highest BCUT2D eigenvalue weighted by atomic mass is 35.5. The number of hydrogen-bond acceptors (Lipinski definition) is 1. The van der Waals surface area contributed by atoms with Crippen LogP contribution >= 0.6 is 11.6 Å². The number of hydrogen-bond donors (Lipinski definition) is 1. The van der Waals surface area contributed by atoms with Gasteiger partial charge in [-0.05, 0) is 36.2 Å². The Hall–Kier alpha value is -1.87. The van der Waals surface area contributed by atoms with Gasteiger partial charge in [-0.2, -0.15) is 4.57 Å². The highest BCUT2D eigenvalue weighted by molar-refractivity contribution is 6.30. The molecule has 1 N–H and O–H groups in total. The molecule has 0 saturated carbocycles. The summed E-state index contributed by atoms with van der Waals surface area (Å²) >= 11 is 5.82. The van der Waals surface area contributed by atoms with Gasteiger partial charge in [0.05, 0.1) is 0 Å². The zero-order valence-electron chi connectivity index (χ0n) is 11.6. The van der Waals surface area contributed by atoms with E-state index >= 15 is 0 Å². The third kappa shape index (κ3) is 3.58. The van der Waals surface area contributed by atoms with Crippen molar-refractivity contribution in [3.8, 4) is 0 Å². The van der Waals surface area contributed by atoms with Gasteiger partial charge in [0.25, 0.3) is 5.91 Å². The number of pyridine rings is 1. The average molecular weight is 290 g/mol. The van der Waals surface area contributed by atoms with E-state index in [1.54, 1.807) is 24.3 Å². The summed E-state index contributed by atoms with van der Waals surface area (Å²) in [4.78, 5) is 12.2. The maximum atomic E-state index is 12.2. The molecule has 0 aliphatic rings. The molecular formula is C16H18ClN2O+. The van der Waals surface area contributed by atoms with Crippen molar-refractivity contribution in [2.24, 2.45) is 0 Å². The van der Waals surface area contributed by atoms with E-state index in [1.807, 2.05) is 36.0 Å². The third-order valence-electron chi connectivity index (χ3n) is 3.27. The molecule has 4 heteroatoms. The van der Waals surface area contributed by atoms with Gasteiger partial charge in [0.1, 0.15) is 0 Å².